The number of halogens is 1. The fourth-order valence-electron chi connectivity index (χ4n) is 1.78. The second-order valence-electron chi connectivity index (χ2n) is 4.17. The Labute approximate surface area is 130 Å². The molecule has 20 heavy (non-hydrogen) atoms. The first kappa shape index (κ1) is 14.5. The van der Waals surface area contributed by atoms with E-state index in [0.29, 0.717) is 11.1 Å². The zero-order valence-corrected chi connectivity index (χ0v) is 12.6. The monoisotopic (exact) mass is 381 g/mol. The van der Waals surface area contributed by atoms with Crippen LogP contribution in [0.15, 0.2) is 54.6 Å². The zero-order valence-electron chi connectivity index (χ0n) is 10.4. The molecule has 0 saturated heterocycles. The number of carboxylic acids is 1. The number of amides is 1. The molecule has 5 heteroatoms. The summed E-state index contributed by atoms with van der Waals surface area (Å²) < 4.78 is 0.918. The summed E-state index contributed by atoms with van der Waals surface area (Å²) in [5.41, 5.74) is 0.984. The Kier molecular flexibility index (Phi) is 4.73. The van der Waals surface area contributed by atoms with Gasteiger partial charge in [-0.25, -0.2) is 4.79 Å². The van der Waals surface area contributed by atoms with Crippen molar-refractivity contribution in [1.29, 1.82) is 0 Å². The number of benzene rings is 2. The van der Waals surface area contributed by atoms with Crippen LogP contribution in [0.1, 0.15) is 22.0 Å². The van der Waals surface area contributed by atoms with Gasteiger partial charge in [-0.1, -0.05) is 36.4 Å². The Balaban J connectivity index is 2.21. The van der Waals surface area contributed by atoms with Crippen LogP contribution in [0.3, 0.4) is 0 Å². The normalized spacial score (nSPS) is 11.7. The lowest BCUT2D eigenvalue weighted by Crippen LogP contribution is -2.33. The van der Waals surface area contributed by atoms with E-state index in [0.717, 1.165) is 3.57 Å². The molecule has 2 rings (SSSR count). The van der Waals surface area contributed by atoms with Gasteiger partial charge in [0, 0.05) is 9.13 Å². The van der Waals surface area contributed by atoms with Crippen molar-refractivity contribution < 1.29 is 14.7 Å². The summed E-state index contributed by atoms with van der Waals surface area (Å²) in [5, 5.41) is 11.8. The van der Waals surface area contributed by atoms with Crippen molar-refractivity contribution in [3.05, 3.63) is 69.3 Å². The van der Waals surface area contributed by atoms with Crippen LogP contribution in [0.2, 0.25) is 0 Å². The molecule has 0 heterocycles. The number of carboxylic acid groups (broad SMARTS) is 1. The van der Waals surface area contributed by atoms with Gasteiger partial charge in [0.15, 0.2) is 6.04 Å². The predicted octanol–water partition coefficient (Wildman–Crippen LogP) is 2.85. The summed E-state index contributed by atoms with van der Waals surface area (Å²) in [6.45, 7) is 0. The Morgan fingerprint density at radius 2 is 1.75 bits per heavy atom. The number of hydrogen-bond donors (Lipinski definition) is 2. The maximum Gasteiger partial charge on any atom is 0.330 e. The average molecular weight is 381 g/mol. The largest absolute Gasteiger partial charge is 0.479 e. The molecule has 0 aliphatic carbocycles. The quantitative estimate of drug-likeness (QED) is 0.801. The minimum absolute atomic E-state index is 0.403. The topological polar surface area (TPSA) is 66.4 Å². The first-order chi connectivity index (χ1) is 9.58. The van der Waals surface area contributed by atoms with Crippen molar-refractivity contribution in [3.63, 3.8) is 0 Å². The number of hydrogen-bond acceptors (Lipinski definition) is 2. The first-order valence-electron chi connectivity index (χ1n) is 5.92. The molecule has 0 radical (unpaired) electrons. The molecular weight excluding hydrogens is 369 g/mol. The van der Waals surface area contributed by atoms with Crippen molar-refractivity contribution in [2.45, 2.75) is 6.04 Å². The fraction of sp³-hybridized carbons (Fsp3) is 0.0667. The van der Waals surface area contributed by atoms with Crippen LogP contribution in [0.5, 0.6) is 0 Å². The summed E-state index contributed by atoms with van der Waals surface area (Å²) in [6, 6.07) is 14.6. The fourth-order valence-corrected chi connectivity index (χ4v) is 2.32. The molecule has 2 aromatic rings. The number of carbonyl (C=O) groups excluding carboxylic acids is 1. The third kappa shape index (κ3) is 3.57. The SMILES string of the molecule is O=C(N[C@H](C(=O)O)c1ccccc1)c1cccc(I)c1. The van der Waals surface area contributed by atoms with E-state index in [9.17, 15) is 14.7 Å². The molecule has 2 aromatic carbocycles. The minimum atomic E-state index is -1.09. The molecule has 1 atom stereocenters. The summed E-state index contributed by atoms with van der Waals surface area (Å²) in [6.07, 6.45) is 0. The lowest BCUT2D eigenvalue weighted by molar-refractivity contribution is -0.139. The molecule has 0 aliphatic heterocycles. The van der Waals surface area contributed by atoms with Gasteiger partial charge in [-0.05, 0) is 46.4 Å². The van der Waals surface area contributed by atoms with Gasteiger partial charge in [0.2, 0.25) is 0 Å². The van der Waals surface area contributed by atoms with Gasteiger partial charge in [0.1, 0.15) is 0 Å². The van der Waals surface area contributed by atoms with E-state index in [-0.39, 0.29) is 0 Å². The van der Waals surface area contributed by atoms with Crippen LogP contribution >= 0.6 is 22.6 Å². The third-order valence-corrected chi connectivity index (χ3v) is 3.41. The smallest absolute Gasteiger partial charge is 0.330 e. The van der Waals surface area contributed by atoms with Gasteiger partial charge in [0.25, 0.3) is 5.91 Å². The summed E-state index contributed by atoms with van der Waals surface area (Å²) in [5.74, 6) is -1.49. The lowest BCUT2D eigenvalue weighted by atomic mass is 10.1. The second-order valence-corrected chi connectivity index (χ2v) is 5.41. The molecule has 0 spiro atoms. The van der Waals surface area contributed by atoms with Crippen molar-refractivity contribution in [3.8, 4) is 0 Å². The van der Waals surface area contributed by atoms with Crippen LogP contribution in [-0.2, 0) is 4.79 Å². The van der Waals surface area contributed by atoms with Gasteiger partial charge in [-0.2, -0.15) is 0 Å². The number of nitrogens with one attached hydrogen (secondary N) is 1. The summed E-state index contributed by atoms with van der Waals surface area (Å²) in [4.78, 5) is 23.4. The maximum atomic E-state index is 12.1. The molecule has 0 aliphatic rings. The molecule has 2 N–H and O–H groups in total. The van der Waals surface area contributed by atoms with Crippen LogP contribution < -0.4 is 5.32 Å². The Hall–Kier alpha value is -1.89. The lowest BCUT2D eigenvalue weighted by Gasteiger charge is -2.15. The molecule has 0 saturated carbocycles. The average Bonchev–Trinajstić information content (AvgIpc) is 2.45. The summed E-state index contributed by atoms with van der Waals surface area (Å²) in [7, 11) is 0. The first-order valence-corrected chi connectivity index (χ1v) is 7.00. The van der Waals surface area contributed by atoms with E-state index >= 15 is 0 Å². The number of aliphatic carboxylic acids is 1. The van der Waals surface area contributed by atoms with E-state index in [2.05, 4.69) is 27.9 Å². The van der Waals surface area contributed by atoms with Crippen molar-refractivity contribution in [2.75, 3.05) is 0 Å². The molecule has 0 bridgehead atoms. The Bertz CT molecular complexity index is 628. The van der Waals surface area contributed by atoms with Crippen molar-refractivity contribution >= 4 is 34.5 Å². The summed E-state index contributed by atoms with van der Waals surface area (Å²) >= 11 is 2.10. The highest BCUT2D eigenvalue weighted by atomic mass is 127. The van der Waals surface area contributed by atoms with Crippen LogP contribution in [0, 0.1) is 3.57 Å². The molecule has 0 fully saturated rings. The molecule has 102 valence electrons. The van der Waals surface area contributed by atoms with Crippen LogP contribution in [-0.4, -0.2) is 17.0 Å². The number of carbonyl (C=O) groups is 2. The highest BCUT2D eigenvalue weighted by Gasteiger charge is 2.22. The van der Waals surface area contributed by atoms with E-state index < -0.39 is 17.9 Å². The molecule has 0 unspecified atom stereocenters. The maximum absolute atomic E-state index is 12.1. The van der Waals surface area contributed by atoms with Crippen molar-refractivity contribution in [1.82, 2.24) is 5.32 Å². The van der Waals surface area contributed by atoms with Gasteiger partial charge in [0.05, 0.1) is 0 Å². The minimum Gasteiger partial charge on any atom is -0.479 e. The molecule has 1 amide bonds. The van der Waals surface area contributed by atoms with Gasteiger partial charge in [-0.15, -0.1) is 0 Å². The predicted molar refractivity (Wildman–Crippen MR) is 83.4 cm³/mol. The Morgan fingerprint density at radius 1 is 1.05 bits per heavy atom. The van der Waals surface area contributed by atoms with Crippen LogP contribution in [0.25, 0.3) is 0 Å². The third-order valence-electron chi connectivity index (χ3n) is 2.74. The second kappa shape index (κ2) is 6.51. The standard InChI is InChI=1S/C15H12INO3/c16-12-8-4-7-11(9-12)14(18)17-13(15(19)20)10-5-2-1-3-6-10/h1-9,13H,(H,17,18)(H,19,20)/t13-/m0/s1. The number of rotatable bonds is 4. The molecule has 4 nitrogen and oxygen atoms in total. The highest BCUT2D eigenvalue weighted by molar-refractivity contribution is 14.1. The van der Waals surface area contributed by atoms with Gasteiger partial charge < -0.3 is 10.4 Å². The van der Waals surface area contributed by atoms with E-state index in [1.54, 1.807) is 48.5 Å². The van der Waals surface area contributed by atoms with Gasteiger partial charge >= 0.3 is 5.97 Å². The van der Waals surface area contributed by atoms with E-state index in [1.807, 2.05) is 6.07 Å². The molecule has 0 aromatic heterocycles. The van der Waals surface area contributed by atoms with Crippen molar-refractivity contribution in [2.24, 2.45) is 0 Å². The zero-order chi connectivity index (χ0) is 14.5. The van der Waals surface area contributed by atoms with Crippen LogP contribution in [0.4, 0.5) is 0 Å². The van der Waals surface area contributed by atoms with E-state index in [4.69, 9.17) is 0 Å². The molecular formula is C15H12INO3. The Morgan fingerprint density at radius 3 is 2.35 bits per heavy atom. The highest BCUT2D eigenvalue weighted by Crippen LogP contribution is 2.14. The van der Waals surface area contributed by atoms with E-state index in [1.165, 1.54) is 0 Å². The van der Waals surface area contributed by atoms with Gasteiger partial charge in [-0.3, -0.25) is 4.79 Å².